The van der Waals surface area contributed by atoms with Gasteiger partial charge in [-0.3, -0.25) is 4.79 Å². The van der Waals surface area contributed by atoms with Crippen molar-refractivity contribution >= 4 is 5.78 Å². The molecule has 0 heterocycles. The molecule has 0 aliphatic rings. The highest BCUT2D eigenvalue weighted by atomic mass is 16.5. The molecule has 0 amide bonds. The highest BCUT2D eigenvalue weighted by molar-refractivity contribution is 5.83. The van der Waals surface area contributed by atoms with Crippen LogP contribution in [0, 0.1) is 0 Å². The number of hydrogen-bond donors (Lipinski definition) is 1. The van der Waals surface area contributed by atoms with E-state index < -0.39 is 5.60 Å². The van der Waals surface area contributed by atoms with Gasteiger partial charge in [0, 0.05) is 12.1 Å². The summed E-state index contributed by atoms with van der Waals surface area (Å²) in [7, 11) is 0. The molecule has 0 atom stereocenters. The number of ketones is 1. The van der Waals surface area contributed by atoms with Crippen LogP contribution in [0.1, 0.15) is 48.0 Å². The average molecular weight is 215 g/mol. The molecular formula is C12H25NO2. The molecule has 3 heteroatoms. The van der Waals surface area contributed by atoms with Gasteiger partial charge in [-0.05, 0) is 47.6 Å². The number of nitrogens with one attached hydrogen (secondary N) is 1. The van der Waals surface area contributed by atoms with Crippen molar-refractivity contribution in [1.29, 1.82) is 0 Å². The van der Waals surface area contributed by atoms with Gasteiger partial charge in [0.25, 0.3) is 0 Å². The Labute approximate surface area is 93.6 Å². The topological polar surface area (TPSA) is 38.3 Å². The largest absolute Gasteiger partial charge is 0.368 e. The Morgan fingerprint density at radius 2 is 1.80 bits per heavy atom. The zero-order valence-electron chi connectivity index (χ0n) is 10.9. The van der Waals surface area contributed by atoms with E-state index in [4.69, 9.17) is 4.74 Å². The van der Waals surface area contributed by atoms with E-state index in [0.717, 1.165) is 13.0 Å². The zero-order valence-corrected chi connectivity index (χ0v) is 10.9. The van der Waals surface area contributed by atoms with Crippen molar-refractivity contribution in [3.05, 3.63) is 0 Å². The third-order valence-corrected chi connectivity index (χ3v) is 2.69. The van der Waals surface area contributed by atoms with Crippen molar-refractivity contribution in [2.24, 2.45) is 0 Å². The van der Waals surface area contributed by atoms with Crippen molar-refractivity contribution in [1.82, 2.24) is 5.32 Å². The Morgan fingerprint density at radius 1 is 1.27 bits per heavy atom. The van der Waals surface area contributed by atoms with Gasteiger partial charge in [-0.1, -0.05) is 6.92 Å². The second kappa shape index (κ2) is 5.61. The summed E-state index contributed by atoms with van der Waals surface area (Å²) in [4.78, 5) is 11.2. The van der Waals surface area contributed by atoms with E-state index in [2.05, 4.69) is 26.1 Å². The van der Waals surface area contributed by atoms with Crippen LogP contribution < -0.4 is 5.32 Å². The lowest BCUT2D eigenvalue weighted by atomic mass is 10.0. The minimum atomic E-state index is -0.651. The second-order valence-corrected chi connectivity index (χ2v) is 5.08. The predicted molar refractivity (Wildman–Crippen MR) is 63.1 cm³/mol. The van der Waals surface area contributed by atoms with Gasteiger partial charge in [0.1, 0.15) is 5.60 Å². The third kappa shape index (κ3) is 5.90. The molecule has 0 aromatic rings. The summed E-state index contributed by atoms with van der Waals surface area (Å²) in [6.07, 6.45) is 0.900. The summed E-state index contributed by atoms with van der Waals surface area (Å²) in [5.41, 5.74) is -0.579. The molecule has 90 valence electrons. The second-order valence-electron chi connectivity index (χ2n) is 5.08. The maximum Gasteiger partial charge on any atom is 0.160 e. The van der Waals surface area contributed by atoms with E-state index in [1.165, 1.54) is 0 Å². The van der Waals surface area contributed by atoms with Crippen LogP contribution in [0.2, 0.25) is 0 Å². The number of rotatable bonds is 7. The van der Waals surface area contributed by atoms with Crippen molar-refractivity contribution in [2.45, 2.75) is 59.1 Å². The van der Waals surface area contributed by atoms with Gasteiger partial charge in [0.15, 0.2) is 5.78 Å². The first-order chi connectivity index (χ1) is 6.71. The maximum atomic E-state index is 11.2. The molecule has 0 aliphatic heterocycles. The first-order valence-corrected chi connectivity index (χ1v) is 5.61. The van der Waals surface area contributed by atoms with Crippen LogP contribution in [-0.4, -0.2) is 30.1 Å². The van der Waals surface area contributed by atoms with E-state index >= 15 is 0 Å². The number of carbonyl (C=O) groups excluding carboxylic acids is 1. The molecule has 1 N–H and O–H groups in total. The third-order valence-electron chi connectivity index (χ3n) is 2.69. The monoisotopic (exact) mass is 215 g/mol. The van der Waals surface area contributed by atoms with E-state index in [0.29, 0.717) is 6.61 Å². The molecule has 3 nitrogen and oxygen atoms in total. The van der Waals surface area contributed by atoms with Gasteiger partial charge in [0.2, 0.25) is 0 Å². The van der Waals surface area contributed by atoms with Crippen molar-refractivity contribution in [3.63, 3.8) is 0 Å². The lowest BCUT2D eigenvalue weighted by Gasteiger charge is -2.28. The van der Waals surface area contributed by atoms with Gasteiger partial charge < -0.3 is 10.1 Å². The van der Waals surface area contributed by atoms with Crippen LogP contribution in [0.4, 0.5) is 0 Å². The van der Waals surface area contributed by atoms with Crippen LogP contribution in [0.5, 0.6) is 0 Å². The molecule has 0 unspecified atom stereocenters. The quantitative estimate of drug-likeness (QED) is 0.707. The maximum absolute atomic E-state index is 11.2. The normalized spacial score (nSPS) is 12.9. The first kappa shape index (κ1) is 14.6. The zero-order chi connectivity index (χ0) is 12.1. The Hall–Kier alpha value is -0.410. The van der Waals surface area contributed by atoms with Crippen molar-refractivity contribution < 1.29 is 9.53 Å². The lowest BCUT2D eigenvalue weighted by molar-refractivity contribution is -0.138. The molecular weight excluding hydrogens is 190 g/mol. The highest BCUT2D eigenvalue weighted by Crippen LogP contribution is 2.14. The molecule has 0 bridgehead atoms. The highest BCUT2D eigenvalue weighted by Gasteiger charge is 2.25. The lowest BCUT2D eigenvalue weighted by Crippen LogP contribution is -2.41. The van der Waals surface area contributed by atoms with E-state index in [-0.39, 0.29) is 11.3 Å². The summed E-state index contributed by atoms with van der Waals surface area (Å²) in [5.74, 6) is 0.0729. The number of ether oxygens (including phenoxy) is 1. The Bertz CT molecular complexity index is 210. The fourth-order valence-corrected chi connectivity index (χ4v) is 1.23. The predicted octanol–water partition coefficient (Wildman–Crippen LogP) is 2.15. The summed E-state index contributed by atoms with van der Waals surface area (Å²) in [6.45, 7) is 13.1. The molecule has 0 aliphatic carbocycles. The standard InChI is InChI=1S/C12H25NO2/c1-7-13-11(3,4)8-9-15-12(5,6)10(2)14/h13H,7-9H2,1-6H3. The number of hydrogen-bond acceptors (Lipinski definition) is 3. The van der Waals surface area contributed by atoms with Gasteiger partial charge in [-0.15, -0.1) is 0 Å². The van der Waals surface area contributed by atoms with Crippen LogP contribution in [-0.2, 0) is 9.53 Å². The van der Waals surface area contributed by atoms with Crippen LogP contribution in [0.3, 0.4) is 0 Å². The Morgan fingerprint density at radius 3 is 2.20 bits per heavy atom. The molecule has 0 spiro atoms. The van der Waals surface area contributed by atoms with E-state index in [1.54, 1.807) is 6.92 Å². The molecule has 15 heavy (non-hydrogen) atoms. The average Bonchev–Trinajstić information content (AvgIpc) is 2.02. The Balaban J connectivity index is 3.93. The molecule has 0 radical (unpaired) electrons. The van der Waals surface area contributed by atoms with E-state index in [1.807, 2.05) is 13.8 Å². The summed E-state index contributed by atoms with van der Waals surface area (Å²) in [5, 5.41) is 3.37. The molecule has 0 saturated heterocycles. The summed E-state index contributed by atoms with van der Waals surface area (Å²) >= 11 is 0. The van der Waals surface area contributed by atoms with Gasteiger partial charge in [-0.2, -0.15) is 0 Å². The molecule has 0 aromatic carbocycles. The molecule has 0 aromatic heterocycles. The van der Waals surface area contributed by atoms with Crippen LogP contribution in [0.15, 0.2) is 0 Å². The van der Waals surface area contributed by atoms with Gasteiger partial charge in [0.05, 0.1) is 0 Å². The molecule has 0 fully saturated rings. The summed E-state index contributed by atoms with van der Waals surface area (Å²) < 4.78 is 5.58. The molecule has 0 saturated carbocycles. The van der Waals surface area contributed by atoms with Gasteiger partial charge in [-0.25, -0.2) is 0 Å². The summed E-state index contributed by atoms with van der Waals surface area (Å²) in [6, 6.07) is 0. The van der Waals surface area contributed by atoms with Gasteiger partial charge >= 0.3 is 0 Å². The minimum absolute atomic E-state index is 0.0711. The number of carbonyl (C=O) groups is 1. The SMILES string of the molecule is CCNC(C)(C)CCOC(C)(C)C(C)=O. The molecule has 0 rings (SSSR count). The van der Waals surface area contributed by atoms with Crippen molar-refractivity contribution in [2.75, 3.05) is 13.2 Å². The smallest absolute Gasteiger partial charge is 0.160 e. The minimum Gasteiger partial charge on any atom is -0.368 e. The first-order valence-electron chi connectivity index (χ1n) is 5.61. The van der Waals surface area contributed by atoms with Crippen molar-refractivity contribution in [3.8, 4) is 0 Å². The van der Waals surface area contributed by atoms with Crippen LogP contribution >= 0.6 is 0 Å². The number of Topliss-reactive ketones (excluding diaryl/α,β-unsaturated/α-hetero) is 1. The fraction of sp³-hybridized carbons (Fsp3) is 0.917. The fourth-order valence-electron chi connectivity index (χ4n) is 1.23. The van der Waals surface area contributed by atoms with E-state index in [9.17, 15) is 4.79 Å². The Kier molecular flexibility index (Phi) is 5.46. The van der Waals surface area contributed by atoms with Crippen LogP contribution in [0.25, 0.3) is 0 Å².